The van der Waals surface area contributed by atoms with E-state index in [-0.39, 0.29) is 5.38 Å². The highest BCUT2D eigenvalue weighted by atomic mass is 35.5. The molecule has 0 amide bonds. The minimum absolute atomic E-state index is 0.239. The standard InChI is InChI=1S/C11H19ClN4/c1-4-9(12)5-7-13-10-6-8-14-11(15-10)16(2)3/h6,8-9H,4-5,7H2,1-3H3,(H,13,14,15). The predicted octanol–water partition coefficient (Wildman–Crippen LogP) is 2.36. The van der Waals surface area contributed by atoms with E-state index in [1.54, 1.807) is 6.20 Å². The molecule has 1 unspecified atom stereocenters. The van der Waals surface area contributed by atoms with Crippen molar-refractivity contribution in [3.8, 4) is 0 Å². The fraction of sp³-hybridized carbons (Fsp3) is 0.636. The summed E-state index contributed by atoms with van der Waals surface area (Å²) in [5, 5.41) is 3.48. The molecule has 5 heteroatoms. The molecule has 0 saturated heterocycles. The number of nitrogens with one attached hydrogen (secondary N) is 1. The Morgan fingerprint density at radius 2 is 2.25 bits per heavy atom. The number of hydrogen-bond acceptors (Lipinski definition) is 4. The highest BCUT2D eigenvalue weighted by Crippen LogP contribution is 2.10. The Morgan fingerprint density at radius 3 is 2.88 bits per heavy atom. The van der Waals surface area contributed by atoms with Crippen molar-refractivity contribution in [1.82, 2.24) is 9.97 Å². The van der Waals surface area contributed by atoms with Gasteiger partial charge in [-0.25, -0.2) is 4.98 Å². The first-order valence-electron chi connectivity index (χ1n) is 5.51. The topological polar surface area (TPSA) is 41.1 Å². The van der Waals surface area contributed by atoms with E-state index in [1.807, 2.05) is 25.1 Å². The Balaban J connectivity index is 2.45. The summed E-state index contributed by atoms with van der Waals surface area (Å²) in [5.74, 6) is 1.56. The Morgan fingerprint density at radius 1 is 1.50 bits per heavy atom. The molecular formula is C11H19ClN4. The number of halogens is 1. The lowest BCUT2D eigenvalue weighted by atomic mass is 10.2. The summed E-state index contributed by atoms with van der Waals surface area (Å²) in [6.45, 7) is 2.93. The van der Waals surface area contributed by atoms with Crippen LogP contribution in [0.5, 0.6) is 0 Å². The Bertz CT molecular complexity index is 317. The van der Waals surface area contributed by atoms with Crippen LogP contribution >= 0.6 is 11.6 Å². The molecule has 0 fully saturated rings. The number of aromatic nitrogens is 2. The Kier molecular flexibility index (Phi) is 5.32. The second kappa shape index (κ2) is 6.53. The highest BCUT2D eigenvalue weighted by molar-refractivity contribution is 6.20. The SMILES string of the molecule is CCC(Cl)CCNc1ccnc(N(C)C)n1. The van der Waals surface area contributed by atoms with Gasteiger partial charge in [-0.3, -0.25) is 0 Å². The molecule has 1 N–H and O–H groups in total. The second-order valence-corrected chi connectivity index (χ2v) is 4.47. The summed E-state index contributed by atoms with van der Waals surface area (Å²) in [6.07, 6.45) is 3.69. The number of alkyl halides is 1. The van der Waals surface area contributed by atoms with Gasteiger partial charge in [-0.2, -0.15) is 4.98 Å². The van der Waals surface area contributed by atoms with Crippen molar-refractivity contribution >= 4 is 23.4 Å². The molecule has 1 aromatic heterocycles. The Labute approximate surface area is 102 Å². The highest BCUT2D eigenvalue weighted by Gasteiger charge is 2.02. The van der Waals surface area contributed by atoms with Crippen molar-refractivity contribution < 1.29 is 0 Å². The lowest BCUT2D eigenvalue weighted by molar-refractivity contribution is 0.751. The van der Waals surface area contributed by atoms with Gasteiger partial charge in [0, 0.05) is 32.2 Å². The summed E-state index contributed by atoms with van der Waals surface area (Å²) in [7, 11) is 3.84. The zero-order chi connectivity index (χ0) is 12.0. The molecule has 0 spiro atoms. The number of rotatable bonds is 6. The van der Waals surface area contributed by atoms with E-state index < -0.39 is 0 Å². The molecule has 0 bridgehead atoms. The van der Waals surface area contributed by atoms with Crippen LogP contribution in [-0.4, -0.2) is 36.0 Å². The molecule has 0 aliphatic rings. The molecule has 4 nitrogen and oxygen atoms in total. The van der Waals surface area contributed by atoms with Gasteiger partial charge in [0.1, 0.15) is 5.82 Å². The maximum absolute atomic E-state index is 6.03. The van der Waals surface area contributed by atoms with Crippen molar-refractivity contribution in [3.05, 3.63) is 12.3 Å². The van der Waals surface area contributed by atoms with Crippen LogP contribution in [0.2, 0.25) is 0 Å². The molecule has 1 rings (SSSR count). The molecule has 0 aromatic carbocycles. The van der Waals surface area contributed by atoms with Gasteiger partial charge in [0.25, 0.3) is 0 Å². The van der Waals surface area contributed by atoms with Crippen molar-refractivity contribution in [2.45, 2.75) is 25.1 Å². The minimum atomic E-state index is 0.239. The summed E-state index contributed by atoms with van der Waals surface area (Å²) in [6, 6.07) is 1.86. The number of nitrogens with zero attached hydrogens (tertiary/aromatic N) is 3. The van der Waals surface area contributed by atoms with Crippen LogP contribution < -0.4 is 10.2 Å². The number of hydrogen-bond donors (Lipinski definition) is 1. The van der Waals surface area contributed by atoms with E-state index >= 15 is 0 Å². The van der Waals surface area contributed by atoms with E-state index in [0.717, 1.165) is 25.2 Å². The Hall–Kier alpha value is -1.03. The quantitative estimate of drug-likeness (QED) is 0.778. The molecule has 90 valence electrons. The minimum Gasteiger partial charge on any atom is -0.370 e. The van der Waals surface area contributed by atoms with Gasteiger partial charge in [0.15, 0.2) is 0 Å². The van der Waals surface area contributed by atoms with Gasteiger partial charge in [-0.1, -0.05) is 6.92 Å². The zero-order valence-electron chi connectivity index (χ0n) is 10.1. The fourth-order valence-corrected chi connectivity index (χ4v) is 1.33. The lowest BCUT2D eigenvalue weighted by Crippen LogP contribution is -2.14. The molecule has 0 saturated carbocycles. The van der Waals surface area contributed by atoms with Crippen LogP contribution in [0, 0.1) is 0 Å². The largest absolute Gasteiger partial charge is 0.370 e. The summed E-state index contributed by atoms with van der Waals surface area (Å²) >= 11 is 6.03. The van der Waals surface area contributed by atoms with Crippen LogP contribution in [0.3, 0.4) is 0 Å². The van der Waals surface area contributed by atoms with Crippen LogP contribution in [0.15, 0.2) is 12.3 Å². The summed E-state index contributed by atoms with van der Waals surface area (Å²) in [4.78, 5) is 10.4. The summed E-state index contributed by atoms with van der Waals surface area (Å²) < 4.78 is 0. The van der Waals surface area contributed by atoms with Crippen LogP contribution in [-0.2, 0) is 0 Å². The third-order valence-electron chi connectivity index (χ3n) is 2.25. The maximum Gasteiger partial charge on any atom is 0.226 e. The molecule has 0 radical (unpaired) electrons. The van der Waals surface area contributed by atoms with Crippen LogP contribution in [0.25, 0.3) is 0 Å². The average Bonchev–Trinajstić information content (AvgIpc) is 2.29. The van der Waals surface area contributed by atoms with Crippen molar-refractivity contribution in [3.63, 3.8) is 0 Å². The second-order valence-electron chi connectivity index (χ2n) is 3.86. The van der Waals surface area contributed by atoms with E-state index in [2.05, 4.69) is 22.2 Å². The molecule has 1 aromatic rings. The van der Waals surface area contributed by atoms with E-state index in [4.69, 9.17) is 11.6 Å². The molecule has 1 heterocycles. The first-order valence-corrected chi connectivity index (χ1v) is 5.95. The van der Waals surface area contributed by atoms with Crippen molar-refractivity contribution in [2.24, 2.45) is 0 Å². The molecule has 1 atom stereocenters. The third-order valence-corrected chi connectivity index (χ3v) is 2.78. The molecule has 16 heavy (non-hydrogen) atoms. The molecular weight excluding hydrogens is 224 g/mol. The monoisotopic (exact) mass is 242 g/mol. The van der Waals surface area contributed by atoms with Gasteiger partial charge < -0.3 is 10.2 Å². The van der Waals surface area contributed by atoms with Crippen LogP contribution in [0.4, 0.5) is 11.8 Å². The van der Waals surface area contributed by atoms with E-state index in [1.165, 1.54) is 0 Å². The van der Waals surface area contributed by atoms with E-state index in [0.29, 0.717) is 5.95 Å². The first kappa shape index (κ1) is 13.0. The lowest BCUT2D eigenvalue weighted by Gasteiger charge is -2.12. The first-order chi connectivity index (χ1) is 7.63. The van der Waals surface area contributed by atoms with Crippen molar-refractivity contribution in [2.75, 3.05) is 30.9 Å². The van der Waals surface area contributed by atoms with Crippen molar-refractivity contribution in [1.29, 1.82) is 0 Å². The van der Waals surface area contributed by atoms with Gasteiger partial charge in [-0.15, -0.1) is 11.6 Å². The normalized spacial score (nSPS) is 12.2. The van der Waals surface area contributed by atoms with Gasteiger partial charge in [0.05, 0.1) is 0 Å². The third kappa shape index (κ3) is 4.23. The van der Waals surface area contributed by atoms with Crippen LogP contribution in [0.1, 0.15) is 19.8 Å². The maximum atomic E-state index is 6.03. The zero-order valence-corrected chi connectivity index (χ0v) is 10.8. The molecule has 0 aliphatic carbocycles. The smallest absolute Gasteiger partial charge is 0.226 e. The number of anilines is 2. The predicted molar refractivity (Wildman–Crippen MR) is 69.4 cm³/mol. The average molecular weight is 243 g/mol. The molecule has 0 aliphatic heterocycles. The van der Waals surface area contributed by atoms with Gasteiger partial charge >= 0.3 is 0 Å². The summed E-state index contributed by atoms with van der Waals surface area (Å²) in [5.41, 5.74) is 0. The van der Waals surface area contributed by atoms with Gasteiger partial charge in [-0.05, 0) is 18.9 Å². The fourth-order valence-electron chi connectivity index (χ4n) is 1.22. The van der Waals surface area contributed by atoms with E-state index in [9.17, 15) is 0 Å². The van der Waals surface area contributed by atoms with Gasteiger partial charge in [0.2, 0.25) is 5.95 Å².